The topological polar surface area (TPSA) is 35.5 Å². The maximum absolute atomic E-state index is 11.8. The number of hydrogen-bond donors (Lipinski definition) is 0. The third-order valence-corrected chi connectivity index (χ3v) is 3.68. The Balaban J connectivity index is 2.12. The fraction of sp³-hybridized carbons (Fsp3) is 0.118. The van der Waals surface area contributed by atoms with Crippen molar-refractivity contribution in [1.82, 2.24) is 0 Å². The summed E-state index contributed by atoms with van der Waals surface area (Å²) >= 11 is 18.1. The van der Waals surface area contributed by atoms with Crippen LogP contribution in [-0.2, 0) is 11.3 Å². The molecule has 0 atom stereocenters. The number of ether oxygens (including phenoxy) is 2. The first-order valence-corrected chi connectivity index (χ1v) is 7.79. The highest BCUT2D eigenvalue weighted by Gasteiger charge is 2.15. The molecule has 6 heteroatoms. The fourth-order valence-corrected chi connectivity index (χ4v) is 2.49. The van der Waals surface area contributed by atoms with Crippen molar-refractivity contribution in [3.63, 3.8) is 0 Å². The predicted octanol–water partition coefficient (Wildman–Crippen LogP) is 5.57. The summed E-state index contributed by atoms with van der Waals surface area (Å²) in [4.78, 5) is 11.8. The van der Waals surface area contributed by atoms with E-state index in [1.54, 1.807) is 12.1 Å². The molecule has 23 heavy (non-hydrogen) atoms. The van der Waals surface area contributed by atoms with Gasteiger partial charge in [-0.25, -0.2) is 4.79 Å². The fourth-order valence-electron chi connectivity index (χ4n) is 1.77. The number of hydrogen-bond acceptors (Lipinski definition) is 3. The number of halogens is 3. The molecule has 0 aliphatic rings. The standard InChI is InChI=1S/C17H13Cl3O3/c1-2-7-22-17(21)12-8-14(19)16(15(20)9-12)23-10-11-3-5-13(18)6-4-11/h2-6,8-9H,1,7,10H2. The van der Waals surface area contributed by atoms with Crippen LogP contribution in [0.1, 0.15) is 15.9 Å². The molecule has 0 amide bonds. The molecule has 2 rings (SSSR count). The average Bonchev–Trinajstić information content (AvgIpc) is 2.53. The van der Waals surface area contributed by atoms with Gasteiger partial charge in [0.25, 0.3) is 0 Å². The maximum atomic E-state index is 11.8. The summed E-state index contributed by atoms with van der Waals surface area (Å²) in [7, 11) is 0. The minimum atomic E-state index is -0.530. The molecule has 0 radical (unpaired) electrons. The zero-order chi connectivity index (χ0) is 16.8. The smallest absolute Gasteiger partial charge is 0.338 e. The molecule has 0 spiro atoms. The summed E-state index contributed by atoms with van der Waals surface area (Å²) in [5, 5.41) is 1.11. The van der Waals surface area contributed by atoms with E-state index in [0.717, 1.165) is 5.56 Å². The van der Waals surface area contributed by atoms with E-state index in [9.17, 15) is 4.79 Å². The summed E-state index contributed by atoms with van der Waals surface area (Å²) in [5.41, 5.74) is 1.16. The Hall–Kier alpha value is -1.68. The van der Waals surface area contributed by atoms with Gasteiger partial charge in [0.05, 0.1) is 15.6 Å². The Labute approximate surface area is 149 Å². The molecule has 0 aromatic heterocycles. The Morgan fingerprint density at radius 3 is 2.26 bits per heavy atom. The summed E-state index contributed by atoms with van der Waals surface area (Å²) in [6.07, 6.45) is 1.48. The number of esters is 1. The van der Waals surface area contributed by atoms with E-state index in [1.165, 1.54) is 18.2 Å². The van der Waals surface area contributed by atoms with Crippen LogP contribution in [0.15, 0.2) is 49.1 Å². The highest BCUT2D eigenvalue weighted by atomic mass is 35.5. The third-order valence-electron chi connectivity index (χ3n) is 2.86. The van der Waals surface area contributed by atoms with E-state index >= 15 is 0 Å². The lowest BCUT2D eigenvalue weighted by atomic mass is 10.2. The van der Waals surface area contributed by atoms with Crippen LogP contribution >= 0.6 is 34.8 Å². The second kappa shape index (κ2) is 8.25. The molecule has 3 nitrogen and oxygen atoms in total. The summed E-state index contributed by atoms with van der Waals surface area (Å²) in [5.74, 6) is -0.221. The second-order valence-corrected chi connectivity index (χ2v) is 5.82. The molecule has 0 aliphatic heterocycles. The monoisotopic (exact) mass is 370 g/mol. The van der Waals surface area contributed by atoms with Crippen molar-refractivity contribution in [1.29, 1.82) is 0 Å². The molecule has 0 aliphatic carbocycles. The first-order valence-electron chi connectivity index (χ1n) is 6.65. The van der Waals surface area contributed by atoms with Gasteiger partial charge in [-0.3, -0.25) is 0 Å². The Morgan fingerprint density at radius 2 is 1.70 bits per heavy atom. The van der Waals surface area contributed by atoms with Gasteiger partial charge in [0.15, 0.2) is 5.75 Å². The molecule has 0 heterocycles. The summed E-state index contributed by atoms with van der Waals surface area (Å²) in [6, 6.07) is 10.1. The molecule has 0 saturated carbocycles. The Kier molecular flexibility index (Phi) is 6.34. The maximum Gasteiger partial charge on any atom is 0.338 e. The van der Waals surface area contributed by atoms with E-state index < -0.39 is 5.97 Å². The summed E-state index contributed by atoms with van der Waals surface area (Å²) in [6.45, 7) is 3.87. The van der Waals surface area contributed by atoms with Crippen LogP contribution in [0.2, 0.25) is 15.1 Å². The van der Waals surface area contributed by atoms with Gasteiger partial charge in [-0.05, 0) is 29.8 Å². The Bertz CT molecular complexity index is 689. The molecule has 2 aromatic carbocycles. The molecular weight excluding hydrogens is 359 g/mol. The van der Waals surface area contributed by atoms with Gasteiger partial charge in [-0.2, -0.15) is 0 Å². The Morgan fingerprint density at radius 1 is 1.09 bits per heavy atom. The van der Waals surface area contributed by atoms with Gasteiger partial charge in [-0.15, -0.1) is 0 Å². The van der Waals surface area contributed by atoms with E-state index in [0.29, 0.717) is 10.8 Å². The molecule has 0 N–H and O–H groups in total. The highest BCUT2D eigenvalue weighted by Crippen LogP contribution is 2.35. The van der Waals surface area contributed by atoms with Crippen LogP contribution in [0.3, 0.4) is 0 Å². The lowest BCUT2D eigenvalue weighted by molar-refractivity contribution is 0.0549. The molecule has 120 valence electrons. The van der Waals surface area contributed by atoms with Crippen molar-refractivity contribution >= 4 is 40.8 Å². The number of carbonyl (C=O) groups excluding carboxylic acids is 1. The van der Waals surface area contributed by atoms with Crippen LogP contribution in [0.4, 0.5) is 0 Å². The van der Waals surface area contributed by atoms with Crippen molar-refractivity contribution in [3.8, 4) is 5.75 Å². The molecule has 0 saturated heterocycles. The van der Waals surface area contributed by atoms with Gasteiger partial charge in [0, 0.05) is 5.02 Å². The largest absolute Gasteiger partial charge is 0.486 e. The zero-order valence-corrected chi connectivity index (χ0v) is 14.3. The van der Waals surface area contributed by atoms with E-state index in [2.05, 4.69) is 6.58 Å². The second-order valence-electron chi connectivity index (χ2n) is 4.57. The van der Waals surface area contributed by atoms with E-state index in [1.807, 2.05) is 12.1 Å². The van der Waals surface area contributed by atoms with E-state index in [4.69, 9.17) is 44.3 Å². The first-order chi connectivity index (χ1) is 11.0. The third kappa shape index (κ3) is 4.90. The van der Waals surface area contributed by atoms with Crippen LogP contribution in [-0.4, -0.2) is 12.6 Å². The average molecular weight is 372 g/mol. The van der Waals surface area contributed by atoms with Crippen molar-refractivity contribution in [2.45, 2.75) is 6.61 Å². The van der Waals surface area contributed by atoms with Crippen molar-refractivity contribution in [2.75, 3.05) is 6.61 Å². The molecule has 0 bridgehead atoms. The van der Waals surface area contributed by atoms with Crippen molar-refractivity contribution < 1.29 is 14.3 Å². The minimum Gasteiger partial charge on any atom is -0.486 e. The molecule has 0 fully saturated rings. The minimum absolute atomic E-state index is 0.114. The van der Waals surface area contributed by atoms with Crippen LogP contribution in [0, 0.1) is 0 Å². The van der Waals surface area contributed by atoms with Crippen molar-refractivity contribution in [2.24, 2.45) is 0 Å². The lowest BCUT2D eigenvalue weighted by Crippen LogP contribution is -2.06. The number of carbonyl (C=O) groups is 1. The predicted molar refractivity (Wildman–Crippen MR) is 92.7 cm³/mol. The van der Waals surface area contributed by atoms with Gasteiger partial charge in [0.2, 0.25) is 0 Å². The quantitative estimate of drug-likeness (QED) is 0.492. The van der Waals surface area contributed by atoms with Gasteiger partial charge >= 0.3 is 5.97 Å². The van der Waals surface area contributed by atoms with Crippen LogP contribution < -0.4 is 4.74 Å². The molecule has 2 aromatic rings. The SMILES string of the molecule is C=CCOC(=O)c1cc(Cl)c(OCc2ccc(Cl)cc2)c(Cl)c1. The molecule has 0 unspecified atom stereocenters. The lowest BCUT2D eigenvalue weighted by Gasteiger charge is -2.12. The molecular formula is C17H13Cl3O3. The van der Waals surface area contributed by atoms with Gasteiger partial charge in [-0.1, -0.05) is 59.6 Å². The normalized spacial score (nSPS) is 10.2. The summed E-state index contributed by atoms with van der Waals surface area (Å²) < 4.78 is 10.6. The van der Waals surface area contributed by atoms with Gasteiger partial charge < -0.3 is 9.47 Å². The van der Waals surface area contributed by atoms with Crippen LogP contribution in [0.25, 0.3) is 0 Å². The van der Waals surface area contributed by atoms with Gasteiger partial charge in [0.1, 0.15) is 13.2 Å². The van der Waals surface area contributed by atoms with Crippen molar-refractivity contribution in [3.05, 3.63) is 75.2 Å². The first kappa shape index (κ1) is 17.7. The zero-order valence-electron chi connectivity index (χ0n) is 12.0. The number of rotatable bonds is 6. The number of benzene rings is 2. The van der Waals surface area contributed by atoms with Crippen LogP contribution in [0.5, 0.6) is 5.75 Å². The van der Waals surface area contributed by atoms with E-state index in [-0.39, 0.29) is 28.8 Å². The highest BCUT2D eigenvalue weighted by molar-refractivity contribution is 6.37.